The molecule has 3 heterocycles. The predicted octanol–water partition coefficient (Wildman–Crippen LogP) is 1.65. The Morgan fingerprint density at radius 3 is 2.82 bits per heavy atom. The number of carbonyl (C=O) groups is 1. The Kier molecular flexibility index (Phi) is 5.80. The molecule has 8 heteroatoms. The van der Waals surface area contributed by atoms with E-state index in [1.165, 1.54) is 15.8 Å². The molecule has 1 N–H and O–H groups in total. The predicted molar refractivity (Wildman–Crippen MR) is 108 cm³/mol. The highest BCUT2D eigenvalue weighted by Crippen LogP contribution is 2.25. The average Bonchev–Trinajstić information content (AvgIpc) is 3.26. The van der Waals surface area contributed by atoms with Crippen molar-refractivity contribution in [3.05, 3.63) is 63.3 Å². The summed E-state index contributed by atoms with van der Waals surface area (Å²) in [5.41, 5.74) is 0.429. The van der Waals surface area contributed by atoms with Crippen molar-refractivity contribution in [2.24, 2.45) is 0 Å². The molecule has 1 fully saturated rings. The van der Waals surface area contributed by atoms with Gasteiger partial charge in [-0.3, -0.25) is 19.1 Å². The maximum atomic E-state index is 12.6. The third-order valence-electron chi connectivity index (χ3n) is 4.90. The quantitative estimate of drug-likeness (QED) is 0.683. The van der Waals surface area contributed by atoms with E-state index < -0.39 is 0 Å². The van der Waals surface area contributed by atoms with Crippen LogP contribution in [0.1, 0.15) is 10.9 Å². The van der Waals surface area contributed by atoms with Gasteiger partial charge in [0.15, 0.2) is 0 Å². The molecule has 1 unspecified atom stereocenters. The molecule has 1 atom stereocenters. The molecule has 1 saturated heterocycles. The molecule has 0 spiro atoms. The monoisotopic (exact) mass is 398 g/mol. The minimum absolute atomic E-state index is 0.0447. The van der Waals surface area contributed by atoms with E-state index in [2.05, 4.69) is 21.3 Å². The highest BCUT2D eigenvalue weighted by atomic mass is 32.1. The highest BCUT2D eigenvalue weighted by Gasteiger charge is 2.24. The number of carbonyl (C=O) groups excluding carboxylic acids is 1. The Morgan fingerprint density at radius 1 is 1.21 bits per heavy atom. The van der Waals surface area contributed by atoms with Gasteiger partial charge < -0.3 is 10.1 Å². The largest absolute Gasteiger partial charge is 0.379 e. The number of nitrogens with one attached hydrogen (secondary N) is 1. The molecule has 4 rings (SSSR count). The first-order valence-electron chi connectivity index (χ1n) is 9.28. The second-order valence-corrected chi connectivity index (χ2v) is 7.66. The van der Waals surface area contributed by atoms with Gasteiger partial charge in [0.1, 0.15) is 6.54 Å². The summed E-state index contributed by atoms with van der Waals surface area (Å²) in [7, 11) is 0. The van der Waals surface area contributed by atoms with Gasteiger partial charge in [-0.05, 0) is 23.6 Å². The van der Waals surface area contributed by atoms with Gasteiger partial charge >= 0.3 is 0 Å². The molecule has 146 valence electrons. The summed E-state index contributed by atoms with van der Waals surface area (Å²) < 4.78 is 6.80. The van der Waals surface area contributed by atoms with Crippen molar-refractivity contribution in [3.8, 4) is 0 Å². The zero-order valence-corrected chi connectivity index (χ0v) is 16.2. The number of fused-ring (bicyclic) bond motifs is 1. The van der Waals surface area contributed by atoms with Gasteiger partial charge in [0, 0.05) is 24.5 Å². The average molecular weight is 398 g/mol. The number of hydrogen-bond donors (Lipinski definition) is 1. The van der Waals surface area contributed by atoms with Crippen LogP contribution in [0.2, 0.25) is 0 Å². The summed E-state index contributed by atoms with van der Waals surface area (Å²) in [6.45, 7) is 3.53. The Morgan fingerprint density at radius 2 is 2.04 bits per heavy atom. The standard InChI is InChI=1S/C20H22N4O3S/c25-19(13-24-14-22-16-5-2-1-4-15(16)20(24)26)21-12-17(18-6-3-11-28-18)23-7-9-27-10-8-23/h1-6,11,14,17H,7-10,12-13H2,(H,21,25). The van der Waals surface area contributed by atoms with Crippen LogP contribution in [-0.2, 0) is 16.1 Å². The summed E-state index contributed by atoms with van der Waals surface area (Å²) in [5.74, 6) is -0.200. The molecule has 0 aliphatic carbocycles. The zero-order valence-electron chi connectivity index (χ0n) is 15.4. The third-order valence-corrected chi connectivity index (χ3v) is 5.87. The molecule has 3 aromatic rings. The van der Waals surface area contributed by atoms with Crippen LogP contribution in [0.15, 0.2) is 52.9 Å². The van der Waals surface area contributed by atoms with Gasteiger partial charge in [-0.2, -0.15) is 0 Å². The molecule has 0 bridgehead atoms. The molecule has 2 aromatic heterocycles. The summed E-state index contributed by atoms with van der Waals surface area (Å²) >= 11 is 1.69. The van der Waals surface area contributed by atoms with Crippen LogP contribution in [0, 0.1) is 0 Å². The van der Waals surface area contributed by atoms with Crippen LogP contribution in [0.5, 0.6) is 0 Å². The van der Waals surface area contributed by atoms with Crippen molar-refractivity contribution >= 4 is 28.1 Å². The van der Waals surface area contributed by atoms with Crippen molar-refractivity contribution in [2.75, 3.05) is 32.8 Å². The summed E-state index contributed by atoms with van der Waals surface area (Å²) in [4.78, 5) is 32.9. The summed E-state index contributed by atoms with van der Waals surface area (Å²) in [5, 5.41) is 5.55. The Hall–Kier alpha value is -2.55. The molecule has 7 nitrogen and oxygen atoms in total. The van der Waals surface area contributed by atoms with Gasteiger partial charge in [-0.25, -0.2) is 4.98 Å². The van der Waals surface area contributed by atoms with E-state index in [0.717, 1.165) is 13.1 Å². The van der Waals surface area contributed by atoms with Gasteiger partial charge in [0.05, 0.1) is 36.5 Å². The van der Waals surface area contributed by atoms with E-state index in [0.29, 0.717) is 30.7 Å². The molecular formula is C20H22N4O3S. The number of thiophene rings is 1. The number of rotatable bonds is 6. The lowest BCUT2D eigenvalue weighted by Gasteiger charge is -2.34. The minimum atomic E-state index is -0.205. The van der Waals surface area contributed by atoms with Crippen LogP contribution in [-0.4, -0.2) is 53.2 Å². The van der Waals surface area contributed by atoms with E-state index in [1.807, 2.05) is 17.5 Å². The SMILES string of the molecule is O=C(Cn1cnc2ccccc2c1=O)NCC(c1cccs1)N1CCOCC1. The number of benzene rings is 1. The van der Waals surface area contributed by atoms with Crippen LogP contribution in [0.25, 0.3) is 10.9 Å². The lowest BCUT2D eigenvalue weighted by atomic mass is 10.2. The van der Waals surface area contributed by atoms with Gasteiger partial charge in [0.2, 0.25) is 5.91 Å². The zero-order chi connectivity index (χ0) is 19.3. The smallest absolute Gasteiger partial charge is 0.261 e. The maximum absolute atomic E-state index is 12.6. The third kappa shape index (κ3) is 4.14. The van der Waals surface area contributed by atoms with Crippen LogP contribution in [0.3, 0.4) is 0 Å². The van der Waals surface area contributed by atoms with E-state index in [-0.39, 0.29) is 24.1 Å². The molecule has 1 amide bonds. The van der Waals surface area contributed by atoms with Crippen molar-refractivity contribution in [1.82, 2.24) is 19.8 Å². The topological polar surface area (TPSA) is 76.5 Å². The van der Waals surface area contributed by atoms with Gasteiger partial charge in [-0.1, -0.05) is 18.2 Å². The van der Waals surface area contributed by atoms with Crippen molar-refractivity contribution in [1.29, 1.82) is 0 Å². The maximum Gasteiger partial charge on any atom is 0.261 e. The number of morpholine rings is 1. The molecule has 28 heavy (non-hydrogen) atoms. The molecule has 1 aliphatic rings. The molecule has 1 aliphatic heterocycles. The van der Waals surface area contributed by atoms with E-state index >= 15 is 0 Å². The van der Waals surface area contributed by atoms with E-state index in [1.54, 1.807) is 29.5 Å². The highest BCUT2D eigenvalue weighted by molar-refractivity contribution is 7.10. The molecular weight excluding hydrogens is 376 g/mol. The van der Waals surface area contributed by atoms with Crippen LogP contribution < -0.4 is 10.9 Å². The van der Waals surface area contributed by atoms with E-state index in [4.69, 9.17) is 4.74 Å². The molecule has 0 radical (unpaired) electrons. The van der Waals surface area contributed by atoms with Crippen molar-refractivity contribution in [2.45, 2.75) is 12.6 Å². The number of amides is 1. The van der Waals surface area contributed by atoms with Gasteiger partial charge in [0.25, 0.3) is 5.56 Å². The fourth-order valence-corrected chi connectivity index (χ4v) is 4.28. The lowest BCUT2D eigenvalue weighted by Crippen LogP contribution is -2.44. The first kappa shape index (κ1) is 18.8. The number of para-hydroxylation sites is 1. The second kappa shape index (κ2) is 8.64. The number of nitrogens with zero attached hydrogens (tertiary/aromatic N) is 3. The normalized spacial score (nSPS) is 16.1. The lowest BCUT2D eigenvalue weighted by molar-refractivity contribution is -0.122. The fourth-order valence-electron chi connectivity index (χ4n) is 3.42. The van der Waals surface area contributed by atoms with Crippen LogP contribution in [0.4, 0.5) is 0 Å². The van der Waals surface area contributed by atoms with Gasteiger partial charge in [-0.15, -0.1) is 11.3 Å². The Labute approximate surface area is 166 Å². The number of hydrogen-bond acceptors (Lipinski definition) is 6. The van der Waals surface area contributed by atoms with Crippen LogP contribution >= 0.6 is 11.3 Å². The fraction of sp³-hybridized carbons (Fsp3) is 0.350. The van der Waals surface area contributed by atoms with Crippen molar-refractivity contribution < 1.29 is 9.53 Å². The number of ether oxygens (including phenoxy) is 1. The first-order chi connectivity index (χ1) is 13.7. The van der Waals surface area contributed by atoms with Crippen molar-refractivity contribution in [3.63, 3.8) is 0 Å². The second-order valence-electron chi connectivity index (χ2n) is 6.68. The Bertz CT molecular complexity index is 996. The number of aromatic nitrogens is 2. The molecule has 1 aromatic carbocycles. The first-order valence-corrected chi connectivity index (χ1v) is 10.2. The Balaban J connectivity index is 1.44. The summed E-state index contributed by atoms with van der Waals surface area (Å²) in [6.07, 6.45) is 1.43. The molecule has 0 saturated carbocycles. The van der Waals surface area contributed by atoms with E-state index in [9.17, 15) is 9.59 Å². The summed E-state index contributed by atoms with van der Waals surface area (Å²) in [6, 6.07) is 11.4. The minimum Gasteiger partial charge on any atom is -0.379 e.